The van der Waals surface area contributed by atoms with Crippen LogP contribution < -0.4 is 0 Å². The molecule has 3 rings (SSSR count). The fourth-order valence-electron chi connectivity index (χ4n) is 3.72. The first-order valence-electron chi connectivity index (χ1n) is 9.74. The average Bonchev–Trinajstić information content (AvgIpc) is 2.99. The number of carbonyl (C=O) groups excluding carboxylic acids is 2. The van der Waals surface area contributed by atoms with Crippen LogP contribution in [-0.4, -0.2) is 52.4 Å². The molecular formula is C23H26N4O2. The molecule has 1 fully saturated rings. The number of benzene rings is 1. The third-order valence-electron chi connectivity index (χ3n) is 5.43. The predicted molar refractivity (Wildman–Crippen MR) is 112 cm³/mol. The maximum absolute atomic E-state index is 12.8. The van der Waals surface area contributed by atoms with Crippen LogP contribution in [0, 0.1) is 32.1 Å². The summed E-state index contributed by atoms with van der Waals surface area (Å²) in [6.45, 7) is 9.47. The molecule has 0 radical (unpaired) electrons. The molecule has 2 aromatic rings. The van der Waals surface area contributed by atoms with Crippen LogP contribution in [0.1, 0.15) is 29.4 Å². The minimum Gasteiger partial charge on any atom is -0.339 e. The fraction of sp³-hybridized carbons (Fsp3) is 0.348. The highest BCUT2D eigenvalue weighted by molar-refractivity contribution is 6.02. The quantitative estimate of drug-likeness (QED) is 0.598. The van der Waals surface area contributed by atoms with Crippen molar-refractivity contribution >= 4 is 17.9 Å². The van der Waals surface area contributed by atoms with Gasteiger partial charge in [0, 0.05) is 50.2 Å². The second-order valence-electron chi connectivity index (χ2n) is 7.47. The maximum Gasteiger partial charge on any atom is 0.264 e. The molecule has 2 heterocycles. The largest absolute Gasteiger partial charge is 0.339 e. The number of hydrogen-bond donors (Lipinski definition) is 0. The van der Waals surface area contributed by atoms with Gasteiger partial charge >= 0.3 is 0 Å². The Labute approximate surface area is 171 Å². The Balaban J connectivity index is 1.85. The van der Waals surface area contributed by atoms with E-state index >= 15 is 0 Å². The van der Waals surface area contributed by atoms with Crippen molar-refractivity contribution in [1.82, 2.24) is 14.4 Å². The first-order chi connectivity index (χ1) is 13.8. The van der Waals surface area contributed by atoms with E-state index in [2.05, 4.69) is 34.9 Å². The van der Waals surface area contributed by atoms with Crippen molar-refractivity contribution < 1.29 is 9.59 Å². The highest BCUT2D eigenvalue weighted by Gasteiger charge is 2.25. The monoisotopic (exact) mass is 390 g/mol. The lowest BCUT2D eigenvalue weighted by molar-refractivity contribution is -0.135. The van der Waals surface area contributed by atoms with Crippen LogP contribution in [0.25, 0.3) is 11.8 Å². The molecule has 29 heavy (non-hydrogen) atoms. The zero-order valence-corrected chi connectivity index (χ0v) is 17.4. The van der Waals surface area contributed by atoms with Crippen LogP contribution in [0.4, 0.5) is 0 Å². The Morgan fingerprint density at radius 1 is 1.00 bits per heavy atom. The van der Waals surface area contributed by atoms with E-state index in [4.69, 9.17) is 0 Å². The summed E-state index contributed by atoms with van der Waals surface area (Å²) < 4.78 is 2.12. The summed E-state index contributed by atoms with van der Waals surface area (Å²) in [7, 11) is 0. The van der Waals surface area contributed by atoms with Crippen molar-refractivity contribution in [3.63, 3.8) is 0 Å². The summed E-state index contributed by atoms with van der Waals surface area (Å²) in [5.74, 6) is -0.271. The van der Waals surface area contributed by atoms with Crippen LogP contribution >= 0.6 is 0 Å². The minimum atomic E-state index is -0.282. The Kier molecular flexibility index (Phi) is 5.88. The molecule has 0 N–H and O–H groups in total. The van der Waals surface area contributed by atoms with Gasteiger partial charge in [-0.3, -0.25) is 9.59 Å². The number of amides is 2. The van der Waals surface area contributed by atoms with Crippen molar-refractivity contribution in [1.29, 1.82) is 5.26 Å². The molecule has 0 atom stereocenters. The molecule has 0 aliphatic carbocycles. The lowest BCUT2D eigenvalue weighted by Crippen LogP contribution is -2.50. The van der Waals surface area contributed by atoms with E-state index in [0.717, 1.165) is 22.6 Å². The van der Waals surface area contributed by atoms with Crippen molar-refractivity contribution in [2.45, 2.75) is 27.7 Å². The highest BCUT2D eigenvalue weighted by atomic mass is 16.2. The molecule has 1 aliphatic heterocycles. The smallest absolute Gasteiger partial charge is 0.264 e. The van der Waals surface area contributed by atoms with Crippen LogP contribution in [0.15, 0.2) is 35.9 Å². The van der Waals surface area contributed by atoms with Crippen LogP contribution in [-0.2, 0) is 9.59 Å². The van der Waals surface area contributed by atoms with E-state index < -0.39 is 0 Å². The molecule has 2 amide bonds. The molecule has 0 saturated carbocycles. The number of nitriles is 1. The summed E-state index contributed by atoms with van der Waals surface area (Å²) in [6.07, 6.45) is 1.67. The first kappa shape index (κ1) is 20.4. The van der Waals surface area contributed by atoms with Gasteiger partial charge in [0.25, 0.3) is 5.91 Å². The number of aromatic nitrogens is 1. The van der Waals surface area contributed by atoms with Gasteiger partial charge in [0.15, 0.2) is 0 Å². The third-order valence-corrected chi connectivity index (χ3v) is 5.43. The summed E-state index contributed by atoms with van der Waals surface area (Å²) >= 11 is 0. The van der Waals surface area contributed by atoms with Crippen molar-refractivity contribution in [2.75, 3.05) is 26.2 Å². The molecule has 1 aliphatic rings. The Morgan fingerprint density at radius 3 is 2.14 bits per heavy atom. The Bertz CT molecular complexity index is 1000. The first-order valence-corrected chi connectivity index (χ1v) is 9.74. The van der Waals surface area contributed by atoms with E-state index in [0.29, 0.717) is 26.2 Å². The number of nitrogens with zero attached hydrogens (tertiary/aromatic N) is 4. The third kappa shape index (κ3) is 4.24. The Hall–Kier alpha value is -3.33. The zero-order chi connectivity index (χ0) is 21.1. The molecule has 6 heteroatoms. The summed E-state index contributed by atoms with van der Waals surface area (Å²) in [5.41, 5.74) is 5.24. The molecular weight excluding hydrogens is 364 g/mol. The number of aryl methyl sites for hydroxylation is 2. The van der Waals surface area contributed by atoms with Crippen LogP contribution in [0.5, 0.6) is 0 Å². The fourth-order valence-corrected chi connectivity index (χ4v) is 3.72. The molecule has 1 aromatic carbocycles. The molecule has 0 spiro atoms. The second-order valence-corrected chi connectivity index (χ2v) is 7.47. The van der Waals surface area contributed by atoms with Crippen LogP contribution in [0.2, 0.25) is 0 Å². The predicted octanol–water partition coefficient (Wildman–Crippen LogP) is 3.00. The van der Waals surface area contributed by atoms with Crippen LogP contribution in [0.3, 0.4) is 0 Å². The molecule has 6 nitrogen and oxygen atoms in total. The van der Waals surface area contributed by atoms with E-state index in [1.807, 2.05) is 26.8 Å². The van der Waals surface area contributed by atoms with Gasteiger partial charge in [0.2, 0.25) is 5.91 Å². The number of hydrogen-bond acceptors (Lipinski definition) is 3. The summed E-state index contributed by atoms with van der Waals surface area (Å²) in [5, 5.41) is 9.61. The van der Waals surface area contributed by atoms with Gasteiger partial charge in [-0.05, 0) is 50.6 Å². The van der Waals surface area contributed by atoms with E-state index in [-0.39, 0.29) is 17.4 Å². The summed E-state index contributed by atoms with van der Waals surface area (Å²) in [4.78, 5) is 27.7. The molecule has 0 unspecified atom stereocenters. The molecule has 1 aromatic heterocycles. The van der Waals surface area contributed by atoms with Crippen molar-refractivity contribution in [3.8, 4) is 11.8 Å². The lowest BCUT2D eigenvalue weighted by Gasteiger charge is -2.34. The molecule has 150 valence electrons. The molecule has 0 bridgehead atoms. The SMILES string of the molecule is CC(=O)N1CCN(C(=O)C(C#N)=Cc2cc(C)n(-c3ccc(C)cc3)c2C)CC1. The van der Waals surface area contributed by atoms with Gasteiger partial charge in [0.1, 0.15) is 11.6 Å². The van der Waals surface area contributed by atoms with E-state index in [1.165, 1.54) is 12.5 Å². The van der Waals surface area contributed by atoms with Crippen molar-refractivity contribution in [3.05, 3.63) is 58.4 Å². The van der Waals surface area contributed by atoms with Gasteiger partial charge < -0.3 is 14.4 Å². The van der Waals surface area contributed by atoms with E-state index in [1.54, 1.807) is 15.9 Å². The summed E-state index contributed by atoms with van der Waals surface area (Å²) in [6, 6.07) is 12.3. The highest BCUT2D eigenvalue weighted by Crippen LogP contribution is 2.23. The van der Waals surface area contributed by atoms with Gasteiger partial charge in [-0.25, -0.2) is 0 Å². The minimum absolute atomic E-state index is 0.0108. The Morgan fingerprint density at radius 2 is 1.59 bits per heavy atom. The molecule has 1 saturated heterocycles. The number of carbonyl (C=O) groups is 2. The number of piperazine rings is 1. The zero-order valence-electron chi connectivity index (χ0n) is 17.4. The van der Waals surface area contributed by atoms with Gasteiger partial charge in [0.05, 0.1) is 0 Å². The van der Waals surface area contributed by atoms with Gasteiger partial charge in [-0.15, -0.1) is 0 Å². The van der Waals surface area contributed by atoms with Crippen molar-refractivity contribution in [2.24, 2.45) is 0 Å². The van der Waals surface area contributed by atoms with E-state index in [9.17, 15) is 14.9 Å². The number of rotatable bonds is 3. The van der Waals surface area contributed by atoms with Gasteiger partial charge in [-0.1, -0.05) is 17.7 Å². The standard InChI is InChI=1S/C23H26N4O2/c1-16-5-7-22(8-6-16)27-17(2)13-20(18(27)3)14-21(15-24)23(29)26-11-9-25(10-12-26)19(4)28/h5-8,13-14H,9-12H2,1-4H3. The van der Waals surface area contributed by atoms with Gasteiger partial charge in [-0.2, -0.15) is 5.26 Å². The lowest BCUT2D eigenvalue weighted by atomic mass is 10.1. The normalized spacial score (nSPS) is 14.7. The topological polar surface area (TPSA) is 69.3 Å². The maximum atomic E-state index is 12.8. The second kappa shape index (κ2) is 8.36. The average molecular weight is 390 g/mol.